The summed E-state index contributed by atoms with van der Waals surface area (Å²) < 4.78 is 0. The molecule has 1 amide bonds. The topological polar surface area (TPSA) is 100 Å². The third-order valence-corrected chi connectivity index (χ3v) is 8.51. The van der Waals surface area contributed by atoms with E-state index in [4.69, 9.17) is 4.98 Å². The average molecular weight is 519 g/mol. The van der Waals surface area contributed by atoms with Gasteiger partial charge in [-0.05, 0) is 51.3 Å². The largest absolute Gasteiger partial charge is 0.337 e. The number of aryl methyl sites for hydroxylation is 3. The van der Waals surface area contributed by atoms with Crippen molar-refractivity contribution in [3.8, 4) is 10.6 Å². The number of pyridine rings is 1. The molecule has 2 bridgehead atoms. The van der Waals surface area contributed by atoms with E-state index in [1.807, 2.05) is 55.6 Å². The van der Waals surface area contributed by atoms with Crippen molar-refractivity contribution < 1.29 is 4.79 Å². The molecule has 1 N–H and O–H groups in total. The molecule has 11 heteroatoms. The minimum absolute atomic E-state index is 0.0404. The van der Waals surface area contributed by atoms with Crippen LogP contribution in [0.4, 0.5) is 16.9 Å². The molecule has 4 aromatic rings. The summed E-state index contributed by atoms with van der Waals surface area (Å²) >= 11 is 3.17. The number of rotatable bonds is 5. The zero-order chi connectivity index (χ0) is 24.8. The fourth-order valence-electron chi connectivity index (χ4n) is 5.00. The first-order valence-electron chi connectivity index (χ1n) is 11.9. The number of nitrogens with one attached hydrogen (secondary N) is 1. The Labute approximate surface area is 217 Å². The van der Waals surface area contributed by atoms with Crippen LogP contribution in [-0.4, -0.2) is 60.9 Å². The van der Waals surface area contributed by atoms with E-state index >= 15 is 0 Å². The molecule has 0 radical (unpaired) electrons. The van der Waals surface area contributed by atoms with Crippen molar-refractivity contribution in [3.05, 3.63) is 57.9 Å². The Hall–Kier alpha value is -3.44. The van der Waals surface area contributed by atoms with E-state index in [-0.39, 0.29) is 18.0 Å². The third kappa shape index (κ3) is 4.33. The third-order valence-electron chi connectivity index (χ3n) is 6.65. The number of hydrogen-bond donors (Lipinski definition) is 1. The Morgan fingerprint density at radius 2 is 1.75 bits per heavy atom. The second kappa shape index (κ2) is 9.21. The lowest BCUT2D eigenvalue weighted by Gasteiger charge is -2.41. The van der Waals surface area contributed by atoms with E-state index < -0.39 is 0 Å². The molecule has 184 valence electrons. The van der Waals surface area contributed by atoms with Crippen LogP contribution in [0.3, 0.4) is 0 Å². The molecular formula is C25H26N8OS2. The van der Waals surface area contributed by atoms with Crippen molar-refractivity contribution >= 4 is 45.5 Å². The van der Waals surface area contributed by atoms with Gasteiger partial charge in [-0.2, -0.15) is 0 Å². The Bertz CT molecular complexity index is 1380. The summed E-state index contributed by atoms with van der Waals surface area (Å²) in [6, 6.07) is 4.00. The lowest BCUT2D eigenvalue weighted by molar-refractivity contribution is 0.0640. The number of carbonyl (C=O) groups is 1. The molecule has 6 heterocycles. The highest BCUT2D eigenvalue weighted by atomic mass is 32.1. The van der Waals surface area contributed by atoms with E-state index in [9.17, 15) is 4.79 Å². The molecule has 4 aromatic heterocycles. The van der Waals surface area contributed by atoms with Gasteiger partial charge in [0, 0.05) is 37.1 Å². The molecule has 2 aliphatic heterocycles. The van der Waals surface area contributed by atoms with E-state index in [2.05, 4.69) is 30.2 Å². The van der Waals surface area contributed by atoms with Gasteiger partial charge in [-0.3, -0.25) is 4.79 Å². The van der Waals surface area contributed by atoms with E-state index in [1.165, 1.54) is 11.3 Å². The summed E-state index contributed by atoms with van der Waals surface area (Å²) in [6.45, 7) is 7.50. The number of aromatic nitrogens is 5. The smallest absolute Gasteiger partial charge is 0.256 e. The zero-order valence-electron chi connectivity index (χ0n) is 20.3. The molecule has 2 saturated heterocycles. The molecule has 0 aliphatic carbocycles. The predicted molar refractivity (Wildman–Crippen MR) is 142 cm³/mol. The van der Waals surface area contributed by atoms with Crippen LogP contribution in [0.25, 0.3) is 10.6 Å². The highest BCUT2D eigenvalue weighted by molar-refractivity contribution is 7.16. The van der Waals surface area contributed by atoms with Crippen molar-refractivity contribution in [1.29, 1.82) is 0 Å². The first kappa shape index (κ1) is 23.0. The number of anilines is 3. The zero-order valence-corrected chi connectivity index (χ0v) is 21.9. The van der Waals surface area contributed by atoms with Crippen LogP contribution in [0.1, 0.15) is 39.5 Å². The molecular weight excluding hydrogens is 492 g/mol. The average Bonchev–Trinajstić information content (AvgIpc) is 3.54. The fourth-order valence-corrected chi connectivity index (χ4v) is 6.67. The minimum atomic E-state index is 0.0404. The molecule has 0 spiro atoms. The molecule has 0 unspecified atom stereocenters. The number of carbonyl (C=O) groups excluding carboxylic acids is 1. The lowest BCUT2D eigenvalue weighted by atomic mass is 10.1. The van der Waals surface area contributed by atoms with Gasteiger partial charge in [0.1, 0.15) is 5.82 Å². The maximum absolute atomic E-state index is 13.4. The number of fused-ring (bicyclic) bond motifs is 2. The Kier molecular flexibility index (Phi) is 5.88. The molecule has 0 saturated carbocycles. The lowest BCUT2D eigenvalue weighted by Crippen LogP contribution is -2.56. The van der Waals surface area contributed by atoms with Crippen molar-refractivity contribution in [1.82, 2.24) is 29.8 Å². The van der Waals surface area contributed by atoms with Gasteiger partial charge in [-0.1, -0.05) is 0 Å². The van der Waals surface area contributed by atoms with Gasteiger partial charge < -0.3 is 15.1 Å². The summed E-state index contributed by atoms with van der Waals surface area (Å²) in [5.74, 6) is 1.44. The van der Waals surface area contributed by atoms with Crippen LogP contribution < -0.4 is 10.2 Å². The monoisotopic (exact) mass is 518 g/mol. The molecule has 0 aromatic carbocycles. The van der Waals surface area contributed by atoms with Crippen LogP contribution in [-0.2, 0) is 0 Å². The molecule has 9 nitrogen and oxygen atoms in total. The normalized spacial score (nSPS) is 19.1. The number of thiazole rings is 2. The Morgan fingerprint density at radius 3 is 2.39 bits per heavy atom. The highest BCUT2D eigenvalue weighted by Crippen LogP contribution is 2.34. The van der Waals surface area contributed by atoms with Gasteiger partial charge in [0.25, 0.3) is 5.91 Å². The number of amides is 1. The van der Waals surface area contributed by atoms with Crippen LogP contribution >= 0.6 is 22.7 Å². The van der Waals surface area contributed by atoms with Crippen LogP contribution in [0, 0.1) is 20.8 Å². The van der Waals surface area contributed by atoms with Crippen LogP contribution in [0.5, 0.6) is 0 Å². The summed E-state index contributed by atoms with van der Waals surface area (Å²) in [7, 11) is 0. The van der Waals surface area contributed by atoms with E-state index in [0.29, 0.717) is 11.4 Å². The maximum Gasteiger partial charge on any atom is 0.256 e. The van der Waals surface area contributed by atoms with Gasteiger partial charge >= 0.3 is 0 Å². The number of piperazine rings is 1. The van der Waals surface area contributed by atoms with Crippen LogP contribution in [0.15, 0.2) is 36.1 Å². The Morgan fingerprint density at radius 1 is 1.00 bits per heavy atom. The van der Waals surface area contributed by atoms with Gasteiger partial charge in [-0.25, -0.2) is 24.9 Å². The minimum Gasteiger partial charge on any atom is -0.337 e. The van der Waals surface area contributed by atoms with Gasteiger partial charge in [0.2, 0.25) is 5.95 Å². The molecule has 36 heavy (non-hydrogen) atoms. The van der Waals surface area contributed by atoms with E-state index in [1.54, 1.807) is 17.5 Å². The summed E-state index contributed by atoms with van der Waals surface area (Å²) in [5.41, 5.74) is 3.56. The number of hydrogen-bond acceptors (Lipinski definition) is 10. The van der Waals surface area contributed by atoms with Crippen molar-refractivity contribution in [2.45, 2.75) is 45.7 Å². The maximum atomic E-state index is 13.4. The van der Waals surface area contributed by atoms with Gasteiger partial charge in [-0.15, -0.1) is 22.7 Å². The first-order chi connectivity index (χ1) is 17.4. The predicted octanol–water partition coefficient (Wildman–Crippen LogP) is 4.61. The van der Waals surface area contributed by atoms with Crippen molar-refractivity contribution in [2.24, 2.45) is 0 Å². The second-order valence-electron chi connectivity index (χ2n) is 9.31. The van der Waals surface area contributed by atoms with Crippen molar-refractivity contribution in [2.75, 3.05) is 23.3 Å². The SMILES string of the molecule is Cc1cnc(N2C[C@H]3CC[C@@H](C2)N3C(=O)c2ccc(Nc3nc(-c4sc(C)nc4C)cs3)nc2)nc1. The first-order valence-corrected chi connectivity index (χ1v) is 13.6. The van der Waals surface area contributed by atoms with Gasteiger partial charge in [0.15, 0.2) is 5.13 Å². The number of nitrogens with zero attached hydrogens (tertiary/aromatic N) is 7. The molecule has 2 aliphatic rings. The van der Waals surface area contributed by atoms with Gasteiger partial charge in [0.05, 0.1) is 38.9 Å². The highest BCUT2D eigenvalue weighted by Gasteiger charge is 2.43. The summed E-state index contributed by atoms with van der Waals surface area (Å²) in [6.07, 6.45) is 7.34. The summed E-state index contributed by atoms with van der Waals surface area (Å²) in [4.78, 5) is 41.4. The quantitative estimate of drug-likeness (QED) is 0.409. The molecule has 6 rings (SSSR count). The van der Waals surface area contributed by atoms with Crippen LogP contribution in [0.2, 0.25) is 0 Å². The summed E-state index contributed by atoms with van der Waals surface area (Å²) in [5, 5.41) is 7.08. The molecule has 2 atom stereocenters. The Balaban J connectivity index is 1.12. The molecule has 2 fully saturated rings. The van der Waals surface area contributed by atoms with E-state index in [0.717, 1.165) is 63.8 Å². The standard InChI is InChI=1S/C25H26N8OS2/c1-14-8-27-24(28-9-14)32-11-18-5-6-19(12-32)33(18)23(34)17-4-7-21(26-10-17)31-25-30-20(13-35-25)22-15(2)29-16(3)36-22/h4,7-10,13,18-19H,5-6,11-12H2,1-3H3,(H,26,30,31)/t18-,19+. The van der Waals surface area contributed by atoms with Crippen molar-refractivity contribution in [3.63, 3.8) is 0 Å². The second-order valence-corrected chi connectivity index (χ2v) is 11.4. The fraction of sp³-hybridized carbons (Fsp3) is 0.360.